The summed E-state index contributed by atoms with van der Waals surface area (Å²) in [4.78, 5) is 16.8. The average molecular weight is 443 g/mol. The first-order valence-electron chi connectivity index (χ1n) is 17.2. The Morgan fingerprint density at radius 3 is 2.61 bits per heavy atom. The average Bonchev–Trinajstić information content (AvgIpc) is 2.94. The van der Waals surface area contributed by atoms with Crippen LogP contribution in [0.2, 0.25) is 0 Å². The second kappa shape index (κ2) is 11.1. The van der Waals surface area contributed by atoms with Gasteiger partial charge in [-0.25, -0.2) is 9.18 Å². The number of urea groups is 1. The molecule has 168 valence electrons. The van der Waals surface area contributed by atoms with Crippen LogP contribution < -0.4 is 10.1 Å². The van der Waals surface area contributed by atoms with E-state index in [2.05, 4.69) is 5.32 Å². The maximum absolute atomic E-state index is 14.2. The normalized spacial score (nSPS) is 24.3. The first-order valence-corrected chi connectivity index (χ1v) is 9.67. The lowest BCUT2D eigenvalue weighted by Crippen LogP contribution is -2.49. The summed E-state index contributed by atoms with van der Waals surface area (Å²) in [7, 11) is 1.87. The van der Waals surface area contributed by atoms with E-state index in [-0.39, 0.29) is 11.1 Å². The van der Waals surface area contributed by atoms with Crippen LogP contribution in [0.25, 0.3) is 0 Å². The number of amides is 2. The molecule has 0 radical (unpaired) electrons. The summed E-state index contributed by atoms with van der Waals surface area (Å²) in [5.74, 6) is -5.44. The van der Waals surface area contributed by atoms with Crippen LogP contribution in [0.15, 0.2) is 48.4 Å². The minimum absolute atomic E-state index is 0.188. The molecule has 0 aromatic heterocycles. The van der Waals surface area contributed by atoms with Crippen molar-refractivity contribution in [3.63, 3.8) is 0 Å². The van der Waals surface area contributed by atoms with Crippen LogP contribution in [-0.4, -0.2) is 48.6 Å². The molecular formula is C25H34FN3O2. The number of rotatable bonds is 8. The molecule has 1 aliphatic rings. The van der Waals surface area contributed by atoms with E-state index in [0.717, 1.165) is 24.3 Å². The van der Waals surface area contributed by atoms with Crippen molar-refractivity contribution >= 4 is 6.03 Å². The van der Waals surface area contributed by atoms with Crippen LogP contribution in [0.5, 0.6) is 5.75 Å². The standard InChI is InChI=1S/C25H34FN3O2/c1-19(2)18-31-24-10-6-20(7-11-24)16-27-25(30)29(23-12-14-28(3)15-13-23)17-21-4-8-22(26)9-5-21/h4-11,19,23H,12-18H2,1-3H3,(H,27,30)/i1D3,2D3,4D,5D,8D,9D,16D2,18D2,19D. The number of hydrogen-bond donors (Lipinski definition) is 1. The quantitative estimate of drug-likeness (QED) is 0.646. The molecule has 3 rings (SSSR count). The Bertz CT molecular complexity index is 1380. The Labute approximate surface area is 206 Å². The van der Waals surface area contributed by atoms with Gasteiger partial charge < -0.3 is 19.9 Å². The van der Waals surface area contributed by atoms with Crippen molar-refractivity contribution in [1.82, 2.24) is 15.1 Å². The predicted octanol–water partition coefficient (Wildman–Crippen LogP) is 4.67. The summed E-state index contributed by atoms with van der Waals surface area (Å²) in [6, 6.07) is -0.445. The number of halogens is 1. The molecule has 2 amide bonds. The molecule has 1 fully saturated rings. The van der Waals surface area contributed by atoms with Gasteiger partial charge in [0.25, 0.3) is 0 Å². The van der Waals surface area contributed by atoms with Crippen LogP contribution in [-0.2, 0) is 13.0 Å². The minimum atomic E-state index is -3.69. The number of likely N-dealkylation sites (tertiary alicyclic amines) is 1. The SMILES string of the molecule is [2H]c1c([2H])c(CN(C(=O)NC([2H])([2H])c2ccc(OC([2H])([2H])C([2H])(C([2H])([2H])[2H])C([2H])([2H])[2H])cc2)C2CCN(C)CC2)c([2H])c([2H])c1F. The fraction of sp³-hybridized carbons (Fsp3) is 0.480. The second-order valence-corrected chi connectivity index (χ2v) is 7.11. The fourth-order valence-electron chi connectivity index (χ4n) is 3.16. The van der Waals surface area contributed by atoms with E-state index in [1.54, 1.807) is 0 Å². The zero-order valence-corrected chi connectivity index (χ0v) is 17.0. The molecule has 31 heavy (non-hydrogen) atoms. The summed E-state index contributed by atoms with van der Waals surface area (Å²) >= 11 is 0. The monoisotopic (exact) mass is 442 g/mol. The molecule has 0 atom stereocenters. The maximum atomic E-state index is 14.2. The molecule has 0 saturated carbocycles. The Hall–Kier alpha value is -2.60. The molecule has 0 aliphatic carbocycles. The van der Waals surface area contributed by atoms with Crippen molar-refractivity contribution in [3.8, 4) is 5.75 Å². The molecule has 0 spiro atoms. The molecule has 1 saturated heterocycles. The van der Waals surface area contributed by atoms with Crippen molar-refractivity contribution in [3.05, 3.63) is 65.4 Å². The molecule has 0 bridgehead atoms. The molecule has 1 N–H and O–H groups in total. The van der Waals surface area contributed by atoms with E-state index < -0.39 is 87.0 Å². The second-order valence-electron chi connectivity index (χ2n) is 7.11. The van der Waals surface area contributed by atoms with Gasteiger partial charge in [0.05, 0.1) is 17.5 Å². The van der Waals surface area contributed by atoms with Gasteiger partial charge >= 0.3 is 6.03 Å². The Morgan fingerprint density at radius 1 is 1.29 bits per heavy atom. The van der Waals surface area contributed by atoms with E-state index >= 15 is 0 Å². The first-order chi connectivity index (χ1) is 20.9. The lowest BCUT2D eigenvalue weighted by Gasteiger charge is -2.37. The summed E-state index contributed by atoms with van der Waals surface area (Å²) in [5, 5.41) is 2.24. The van der Waals surface area contributed by atoms with E-state index in [1.807, 2.05) is 11.9 Å². The van der Waals surface area contributed by atoms with Crippen molar-refractivity contribution in [2.75, 3.05) is 26.7 Å². The van der Waals surface area contributed by atoms with Crippen molar-refractivity contribution in [1.29, 1.82) is 0 Å². The summed E-state index contributed by atoms with van der Waals surface area (Å²) in [6.45, 7) is -12.7. The Balaban J connectivity index is 1.89. The van der Waals surface area contributed by atoms with Gasteiger partial charge in [0.1, 0.15) is 11.6 Å². The Morgan fingerprint density at radius 2 is 1.97 bits per heavy atom. The van der Waals surface area contributed by atoms with Crippen LogP contribution in [0.1, 0.15) is 58.2 Å². The number of nitrogens with zero attached hydrogens (tertiary/aromatic N) is 2. The number of carbonyl (C=O) groups is 1. The third-order valence-electron chi connectivity index (χ3n) is 4.80. The lowest BCUT2D eigenvalue weighted by molar-refractivity contribution is 0.127. The lowest BCUT2D eigenvalue weighted by atomic mass is 10.0. The molecule has 1 heterocycles. The summed E-state index contributed by atoms with van der Waals surface area (Å²) < 4.78 is 137. The molecule has 1 aliphatic heterocycles. The summed E-state index contributed by atoms with van der Waals surface area (Å²) in [5.41, 5.74) is -0.437. The molecule has 2 aromatic rings. The van der Waals surface area contributed by atoms with Gasteiger partial charge in [-0.2, -0.15) is 0 Å². The van der Waals surface area contributed by atoms with Gasteiger partial charge in [-0.15, -0.1) is 0 Å². The van der Waals surface area contributed by atoms with Gasteiger partial charge in [0.15, 0.2) is 0 Å². The third kappa shape index (κ3) is 7.24. The van der Waals surface area contributed by atoms with Gasteiger partial charge in [-0.05, 0) is 74.2 Å². The van der Waals surface area contributed by atoms with E-state index in [9.17, 15) is 9.18 Å². The highest BCUT2D eigenvalue weighted by Gasteiger charge is 2.27. The van der Waals surface area contributed by atoms with Crippen LogP contribution in [0.4, 0.5) is 9.18 Å². The first kappa shape index (κ1) is 10.3. The predicted molar refractivity (Wildman–Crippen MR) is 121 cm³/mol. The number of ether oxygens (including phenoxy) is 1. The van der Waals surface area contributed by atoms with E-state index in [0.29, 0.717) is 25.9 Å². The van der Waals surface area contributed by atoms with Crippen molar-refractivity contribution in [2.24, 2.45) is 5.89 Å². The maximum Gasteiger partial charge on any atom is 0.318 e. The molecule has 2 aromatic carbocycles. The number of carbonyl (C=O) groups excluding carboxylic acids is 1. The topological polar surface area (TPSA) is 44.8 Å². The van der Waals surface area contributed by atoms with Gasteiger partial charge in [0.2, 0.25) is 0 Å². The zero-order valence-electron chi connectivity index (χ0n) is 32.0. The highest BCUT2D eigenvalue weighted by molar-refractivity contribution is 5.74. The zero-order chi connectivity index (χ0) is 35.2. The largest absolute Gasteiger partial charge is 0.493 e. The van der Waals surface area contributed by atoms with Gasteiger partial charge in [-0.1, -0.05) is 37.9 Å². The fourth-order valence-corrected chi connectivity index (χ4v) is 3.16. The molecular weight excluding hydrogens is 393 g/mol. The number of piperidine rings is 1. The summed E-state index contributed by atoms with van der Waals surface area (Å²) in [6.07, 6.45) is 0.878. The molecule has 6 heteroatoms. The minimum Gasteiger partial charge on any atom is -0.493 e. The van der Waals surface area contributed by atoms with Crippen molar-refractivity contribution in [2.45, 2.75) is 45.6 Å². The highest BCUT2D eigenvalue weighted by atomic mass is 19.1. The van der Waals surface area contributed by atoms with Crippen molar-refractivity contribution < 1.29 is 34.5 Å². The Kier molecular flexibility index (Phi) is 3.72. The number of hydrogen-bond acceptors (Lipinski definition) is 3. The van der Waals surface area contributed by atoms with Crippen LogP contribution in [0.3, 0.4) is 0 Å². The highest BCUT2D eigenvalue weighted by Crippen LogP contribution is 2.19. The molecule has 0 unspecified atom stereocenters. The number of benzene rings is 2. The van der Waals surface area contributed by atoms with Crippen LogP contribution >= 0.6 is 0 Å². The third-order valence-corrected chi connectivity index (χ3v) is 4.80. The van der Waals surface area contributed by atoms with E-state index in [1.165, 1.54) is 4.90 Å². The van der Waals surface area contributed by atoms with E-state index in [4.69, 9.17) is 25.3 Å². The smallest absolute Gasteiger partial charge is 0.318 e. The molecule has 5 nitrogen and oxygen atoms in total. The van der Waals surface area contributed by atoms with Crippen LogP contribution in [0, 0.1) is 11.7 Å². The number of nitrogens with one attached hydrogen (secondary N) is 1. The van der Waals surface area contributed by atoms with Gasteiger partial charge in [0, 0.05) is 28.7 Å². The van der Waals surface area contributed by atoms with Gasteiger partial charge in [-0.3, -0.25) is 0 Å².